The molecule has 0 unspecified atom stereocenters. The Hall–Kier alpha value is -5.03. The van der Waals surface area contributed by atoms with Crippen LogP contribution in [0.5, 0.6) is 11.8 Å². The van der Waals surface area contributed by atoms with Gasteiger partial charge in [0, 0.05) is 50.8 Å². The number of piperidine rings is 1. The van der Waals surface area contributed by atoms with Gasteiger partial charge in [-0.25, -0.2) is 27.2 Å². The van der Waals surface area contributed by atoms with E-state index >= 15 is 13.2 Å². The third-order valence-corrected chi connectivity index (χ3v) is 11.9. The first kappa shape index (κ1) is 37.5. The van der Waals surface area contributed by atoms with Crippen LogP contribution in [0.1, 0.15) is 44.6 Å². The number of hydrogen-bond donors (Lipinski definition) is 1. The Balaban J connectivity index is 1.22. The van der Waals surface area contributed by atoms with E-state index in [4.69, 9.17) is 23.9 Å². The molecule has 17 heteroatoms. The van der Waals surface area contributed by atoms with E-state index in [1.165, 1.54) is 29.3 Å². The standard InChI is InChI=1S/C40H43F4N7O6/c1-39-16-24(41)19-50(21-39)35-29-18-45-33(32(44)34(29)46-36(47-35)56-22-40-7-3-8-51(40)20-25(42)17-40)28-15-26(57-38(53)49-9-12-54-13-10-49)14-23-5-6-30(43)27(31(23)28)4-2-11-55-37(52)48-39/h5-6,14-15,18,24-25H,2-4,7-13,16-17,19-22H2,1H3,(H,48,52)/t24-,25-,39-,40+/m1/s1. The first-order valence-electron chi connectivity index (χ1n) is 19.5. The average Bonchev–Trinajstić information content (AvgIpc) is 3.71. The average molecular weight is 794 g/mol. The molecule has 8 heterocycles. The maximum absolute atomic E-state index is 17.5. The lowest BCUT2D eigenvalue weighted by Crippen LogP contribution is -2.60. The number of pyridine rings is 1. The van der Waals surface area contributed by atoms with Gasteiger partial charge in [-0.2, -0.15) is 9.97 Å². The molecule has 57 heavy (non-hydrogen) atoms. The first-order chi connectivity index (χ1) is 27.5. The Kier molecular flexibility index (Phi) is 9.70. The molecule has 6 aliphatic rings. The van der Waals surface area contributed by atoms with Gasteiger partial charge >= 0.3 is 18.2 Å². The number of benzene rings is 2. The molecule has 2 aromatic carbocycles. The van der Waals surface area contributed by atoms with E-state index in [0.29, 0.717) is 50.0 Å². The largest absolute Gasteiger partial charge is 0.461 e. The molecule has 2 aromatic heterocycles. The molecule has 0 radical (unpaired) electrons. The van der Waals surface area contributed by atoms with Crippen molar-refractivity contribution >= 4 is 39.7 Å². The van der Waals surface area contributed by atoms with Crippen LogP contribution >= 0.6 is 0 Å². The lowest BCUT2D eigenvalue weighted by molar-refractivity contribution is 0.0416. The molecule has 4 atom stereocenters. The first-order valence-corrected chi connectivity index (χ1v) is 19.5. The topological polar surface area (TPSA) is 131 Å². The number of carbonyl (C=O) groups excluding carboxylic acids is 2. The van der Waals surface area contributed by atoms with E-state index < -0.39 is 47.2 Å². The van der Waals surface area contributed by atoms with Crippen LogP contribution in [0.4, 0.5) is 33.0 Å². The highest BCUT2D eigenvalue weighted by molar-refractivity contribution is 6.02. The number of anilines is 1. The Morgan fingerprint density at radius 3 is 2.70 bits per heavy atom. The van der Waals surface area contributed by atoms with E-state index in [-0.39, 0.29) is 97.3 Å². The number of nitrogens with zero attached hydrogens (tertiary/aromatic N) is 6. The normalized spacial score (nSPS) is 26.7. The molecule has 302 valence electrons. The number of fused-ring (bicyclic) bond motifs is 7. The second-order valence-electron chi connectivity index (χ2n) is 16.0. The van der Waals surface area contributed by atoms with Crippen LogP contribution in [0.2, 0.25) is 0 Å². The van der Waals surface area contributed by atoms with Crippen LogP contribution in [0.25, 0.3) is 32.9 Å². The van der Waals surface area contributed by atoms with Crippen LogP contribution in [0.3, 0.4) is 0 Å². The van der Waals surface area contributed by atoms with Crippen molar-refractivity contribution in [3.8, 4) is 23.0 Å². The number of alkyl halides is 2. The summed E-state index contributed by atoms with van der Waals surface area (Å²) in [6.07, 6.45) is -0.300. The molecular weight excluding hydrogens is 750 g/mol. The van der Waals surface area contributed by atoms with Gasteiger partial charge in [0.15, 0.2) is 5.82 Å². The minimum absolute atomic E-state index is 0.0224. The molecule has 13 nitrogen and oxygen atoms in total. The quantitative estimate of drug-likeness (QED) is 0.249. The zero-order valence-corrected chi connectivity index (χ0v) is 31.5. The van der Waals surface area contributed by atoms with Crippen LogP contribution in [0, 0.1) is 11.6 Å². The Morgan fingerprint density at radius 1 is 1.04 bits per heavy atom. The van der Waals surface area contributed by atoms with Crippen LogP contribution in [0.15, 0.2) is 30.5 Å². The third kappa shape index (κ3) is 7.13. The molecule has 0 saturated carbocycles. The van der Waals surface area contributed by atoms with E-state index in [1.807, 2.05) is 0 Å². The molecule has 0 aliphatic carbocycles. The second-order valence-corrected chi connectivity index (χ2v) is 16.0. The summed E-state index contributed by atoms with van der Waals surface area (Å²) in [6.45, 7) is 4.00. The number of halogens is 4. The van der Waals surface area contributed by atoms with Crippen molar-refractivity contribution in [3.63, 3.8) is 0 Å². The summed E-state index contributed by atoms with van der Waals surface area (Å²) in [5.41, 5.74) is -1.75. The van der Waals surface area contributed by atoms with Gasteiger partial charge in [-0.1, -0.05) is 6.07 Å². The molecule has 6 aliphatic heterocycles. The number of nitrogens with one attached hydrogen (secondary N) is 1. The SMILES string of the molecule is C[C@@]12C[C@@H](F)CN(C1)c1nc(OC[C@@]34CCCN3C[C@H](F)C4)nc3c(F)c(ncc13)-c1cc(OC(=O)N3CCOCC3)cc3ccc(F)c(c13)CCCOC(=O)N2. The van der Waals surface area contributed by atoms with Crippen molar-refractivity contribution in [2.75, 3.05) is 70.6 Å². The van der Waals surface area contributed by atoms with E-state index in [2.05, 4.69) is 20.2 Å². The lowest BCUT2D eigenvalue weighted by atomic mass is 9.90. The maximum Gasteiger partial charge on any atom is 0.415 e. The summed E-state index contributed by atoms with van der Waals surface area (Å²) in [7, 11) is 0. The Bertz CT molecular complexity index is 2250. The van der Waals surface area contributed by atoms with Gasteiger partial charge in [0.1, 0.15) is 47.5 Å². The van der Waals surface area contributed by atoms with Gasteiger partial charge in [-0.05, 0) is 73.7 Å². The van der Waals surface area contributed by atoms with Gasteiger partial charge in [0.25, 0.3) is 0 Å². The molecule has 6 bridgehead atoms. The van der Waals surface area contributed by atoms with Crippen LogP contribution in [-0.4, -0.2) is 126 Å². The summed E-state index contributed by atoms with van der Waals surface area (Å²) in [5.74, 6) is -1.26. The van der Waals surface area contributed by atoms with Gasteiger partial charge < -0.3 is 34.1 Å². The molecule has 4 saturated heterocycles. The highest BCUT2D eigenvalue weighted by Gasteiger charge is 2.49. The molecule has 1 N–H and O–H groups in total. The van der Waals surface area contributed by atoms with E-state index in [9.17, 15) is 14.0 Å². The van der Waals surface area contributed by atoms with Crippen molar-refractivity contribution in [2.45, 2.75) is 68.9 Å². The van der Waals surface area contributed by atoms with Gasteiger partial charge in [-0.15, -0.1) is 0 Å². The monoisotopic (exact) mass is 793 g/mol. The minimum Gasteiger partial charge on any atom is -0.461 e. The Labute approximate surface area is 325 Å². The highest BCUT2D eigenvalue weighted by Crippen LogP contribution is 2.43. The number of aryl methyl sites for hydroxylation is 1. The second kappa shape index (κ2) is 14.7. The minimum atomic E-state index is -1.42. The summed E-state index contributed by atoms with van der Waals surface area (Å²) >= 11 is 0. The number of carbonyl (C=O) groups is 2. The number of amides is 2. The van der Waals surface area contributed by atoms with Gasteiger partial charge in [0.2, 0.25) is 0 Å². The van der Waals surface area contributed by atoms with Crippen molar-refractivity contribution < 1.29 is 46.1 Å². The van der Waals surface area contributed by atoms with Crippen LogP contribution < -0.4 is 19.7 Å². The Morgan fingerprint density at radius 2 is 1.86 bits per heavy atom. The number of ether oxygens (including phenoxy) is 4. The van der Waals surface area contributed by atoms with Gasteiger partial charge in [0.05, 0.1) is 42.8 Å². The summed E-state index contributed by atoms with van der Waals surface area (Å²) in [5, 5.41) is 3.72. The van der Waals surface area contributed by atoms with E-state index in [0.717, 1.165) is 13.0 Å². The molecule has 2 amide bonds. The zero-order valence-electron chi connectivity index (χ0n) is 31.5. The van der Waals surface area contributed by atoms with Crippen LogP contribution in [-0.2, 0) is 15.9 Å². The number of alkyl carbamates (subject to hydrolysis) is 1. The fourth-order valence-electron chi connectivity index (χ4n) is 9.34. The van der Waals surface area contributed by atoms with Crippen molar-refractivity contribution in [2.24, 2.45) is 0 Å². The third-order valence-electron chi connectivity index (χ3n) is 11.9. The fourth-order valence-corrected chi connectivity index (χ4v) is 9.34. The smallest absolute Gasteiger partial charge is 0.415 e. The molecular formula is C40H43F4N7O6. The number of rotatable bonds is 4. The molecule has 4 fully saturated rings. The number of aromatic nitrogens is 3. The van der Waals surface area contributed by atoms with E-state index in [1.54, 1.807) is 17.9 Å². The highest BCUT2D eigenvalue weighted by atomic mass is 19.1. The lowest BCUT2D eigenvalue weighted by Gasteiger charge is -2.42. The predicted octanol–water partition coefficient (Wildman–Crippen LogP) is 5.89. The molecule has 10 rings (SSSR count). The van der Waals surface area contributed by atoms with Crippen molar-refractivity contribution in [3.05, 3.63) is 47.7 Å². The summed E-state index contributed by atoms with van der Waals surface area (Å²) in [4.78, 5) is 45.4. The number of hydrogen-bond acceptors (Lipinski definition) is 11. The molecule has 0 spiro atoms. The maximum atomic E-state index is 17.5. The fraction of sp³-hybridized carbons (Fsp3) is 0.525. The molecule has 4 aromatic rings. The zero-order chi connectivity index (χ0) is 39.5. The van der Waals surface area contributed by atoms with Gasteiger partial charge in [-0.3, -0.25) is 9.88 Å². The summed E-state index contributed by atoms with van der Waals surface area (Å²) in [6, 6.07) is 5.62. The van der Waals surface area contributed by atoms with Crippen molar-refractivity contribution in [1.29, 1.82) is 0 Å². The van der Waals surface area contributed by atoms with Crippen molar-refractivity contribution in [1.82, 2.24) is 30.1 Å². The summed E-state index contributed by atoms with van der Waals surface area (Å²) < 4.78 is 86.6. The predicted molar refractivity (Wildman–Crippen MR) is 200 cm³/mol. The number of morpholine rings is 1.